The van der Waals surface area contributed by atoms with Crippen LogP contribution in [0.1, 0.15) is 43.9 Å². The monoisotopic (exact) mass is 340 g/mol. The molecular weight excluding hydrogens is 312 g/mol. The highest BCUT2D eigenvalue weighted by Gasteiger charge is 2.38. The first-order valence-corrected chi connectivity index (χ1v) is 9.26. The van der Waals surface area contributed by atoms with E-state index >= 15 is 0 Å². The summed E-state index contributed by atoms with van der Waals surface area (Å²) in [6.07, 6.45) is 5.61. The first-order valence-electron chi connectivity index (χ1n) is 8.88. The summed E-state index contributed by atoms with van der Waals surface area (Å²) in [5.74, 6) is 0. The van der Waals surface area contributed by atoms with Gasteiger partial charge < -0.3 is 10.0 Å². The zero-order chi connectivity index (χ0) is 16.4. The number of β-amino-alcohol motifs (C(OH)–C–C–N with tert-alkyl or cyclic N) is 1. The molecule has 3 rings (SSSR count). The van der Waals surface area contributed by atoms with E-state index in [1.807, 2.05) is 7.05 Å². The van der Waals surface area contributed by atoms with Gasteiger partial charge in [-0.2, -0.15) is 5.10 Å². The lowest BCUT2D eigenvalue weighted by Gasteiger charge is -2.33. The summed E-state index contributed by atoms with van der Waals surface area (Å²) in [6, 6.07) is 0. The normalized spacial score (nSPS) is 27.0. The lowest BCUT2D eigenvalue weighted by atomic mass is 10.0. The van der Waals surface area contributed by atoms with Crippen LogP contribution < -0.4 is 0 Å². The van der Waals surface area contributed by atoms with Crippen molar-refractivity contribution in [2.45, 2.75) is 51.2 Å². The number of piperidine rings is 1. The number of hydrogen-bond acceptors (Lipinski definition) is 4. The molecule has 2 saturated heterocycles. The summed E-state index contributed by atoms with van der Waals surface area (Å²) < 4.78 is 1.76. The fourth-order valence-electron chi connectivity index (χ4n) is 4.00. The van der Waals surface area contributed by atoms with Crippen LogP contribution in [0.15, 0.2) is 0 Å². The largest absolute Gasteiger partial charge is 0.387 e. The number of aromatic nitrogens is 2. The van der Waals surface area contributed by atoms with E-state index in [0.29, 0.717) is 0 Å². The van der Waals surface area contributed by atoms with Crippen LogP contribution in [0, 0.1) is 0 Å². The van der Waals surface area contributed by atoms with Crippen LogP contribution in [0.4, 0.5) is 0 Å². The Bertz CT molecular complexity index is 541. The van der Waals surface area contributed by atoms with Crippen molar-refractivity contribution in [1.29, 1.82) is 0 Å². The summed E-state index contributed by atoms with van der Waals surface area (Å²) in [6.45, 7) is 7.64. The van der Waals surface area contributed by atoms with Crippen molar-refractivity contribution in [3.8, 4) is 0 Å². The van der Waals surface area contributed by atoms with E-state index < -0.39 is 5.60 Å². The minimum atomic E-state index is -0.571. The Kier molecular flexibility index (Phi) is 5.31. The topological polar surface area (TPSA) is 44.5 Å². The molecule has 0 unspecified atom stereocenters. The van der Waals surface area contributed by atoms with Gasteiger partial charge in [-0.15, -0.1) is 0 Å². The maximum Gasteiger partial charge on any atom is 0.131 e. The third-order valence-corrected chi connectivity index (χ3v) is 5.72. The smallest absolute Gasteiger partial charge is 0.131 e. The highest BCUT2D eigenvalue weighted by atomic mass is 35.5. The van der Waals surface area contributed by atoms with Crippen molar-refractivity contribution in [2.75, 3.05) is 32.7 Å². The maximum absolute atomic E-state index is 11.0. The highest BCUT2D eigenvalue weighted by Crippen LogP contribution is 2.28. The van der Waals surface area contributed by atoms with Crippen LogP contribution in [0.3, 0.4) is 0 Å². The van der Waals surface area contributed by atoms with E-state index in [1.165, 1.54) is 19.3 Å². The summed E-state index contributed by atoms with van der Waals surface area (Å²) in [7, 11) is 1.89. The Morgan fingerprint density at radius 1 is 1.17 bits per heavy atom. The van der Waals surface area contributed by atoms with E-state index in [-0.39, 0.29) is 0 Å². The van der Waals surface area contributed by atoms with E-state index in [2.05, 4.69) is 21.8 Å². The van der Waals surface area contributed by atoms with Gasteiger partial charge in [-0.1, -0.05) is 24.9 Å². The molecule has 3 heterocycles. The molecule has 1 N–H and O–H groups in total. The quantitative estimate of drug-likeness (QED) is 0.891. The van der Waals surface area contributed by atoms with Gasteiger partial charge in [0.1, 0.15) is 5.15 Å². The lowest BCUT2D eigenvalue weighted by Crippen LogP contribution is -2.46. The Hall–Kier alpha value is -0.620. The fourth-order valence-corrected chi connectivity index (χ4v) is 4.21. The predicted octanol–water partition coefficient (Wildman–Crippen LogP) is 2.06. The molecule has 6 heteroatoms. The molecule has 2 aliphatic heterocycles. The maximum atomic E-state index is 11.0. The zero-order valence-corrected chi connectivity index (χ0v) is 15.1. The molecule has 0 saturated carbocycles. The van der Waals surface area contributed by atoms with Gasteiger partial charge >= 0.3 is 0 Å². The second-order valence-electron chi connectivity index (χ2n) is 7.22. The molecule has 0 bridgehead atoms. The van der Waals surface area contributed by atoms with Crippen molar-refractivity contribution in [1.82, 2.24) is 19.6 Å². The Morgan fingerprint density at radius 3 is 2.61 bits per heavy atom. The number of aliphatic hydroxyl groups is 1. The van der Waals surface area contributed by atoms with Crippen LogP contribution >= 0.6 is 11.6 Å². The van der Waals surface area contributed by atoms with Crippen LogP contribution in [-0.4, -0.2) is 63.0 Å². The molecule has 0 aliphatic carbocycles. The number of hydrogen-bond donors (Lipinski definition) is 1. The summed E-state index contributed by atoms with van der Waals surface area (Å²) in [5, 5.41) is 16.2. The Morgan fingerprint density at radius 2 is 1.91 bits per heavy atom. The number of aryl methyl sites for hydroxylation is 2. The van der Waals surface area contributed by atoms with E-state index in [9.17, 15) is 5.11 Å². The molecular formula is C17H29ClN4O. The standard InChI is InChI=1S/C17H29ClN4O/c1-3-15-14(16(18)20(2)19-15)11-22-10-7-17(23,13-22)12-21-8-5-4-6-9-21/h23H,3-13H2,1-2H3/t17-/m1/s1. The average Bonchev–Trinajstić information content (AvgIpc) is 3.03. The molecule has 1 aromatic rings. The lowest BCUT2D eigenvalue weighted by molar-refractivity contribution is 0.00633. The van der Waals surface area contributed by atoms with E-state index in [0.717, 1.165) is 68.5 Å². The van der Waals surface area contributed by atoms with Gasteiger partial charge in [0.2, 0.25) is 0 Å². The van der Waals surface area contributed by atoms with Crippen LogP contribution in [0.5, 0.6) is 0 Å². The van der Waals surface area contributed by atoms with Gasteiger partial charge in [0, 0.05) is 38.8 Å². The van der Waals surface area contributed by atoms with Crippen molar-refractivity contribution < 1.29 is 5.11 Å². The minimum Gasteiger partial charge on any atom is -0.387 e. The second kappa shape index (κ2) is 7.09. The predicted molar refractivity (Wildman–Crippen MR) is 92.7 cm³/mol. The molecule has 5 nitrogen and oxygen atoms in total. The Balaban J connectivity index is 1.61. The van der Waals surface area contributed by atoms with Gasteiger partial charge in [-0.05, 0) is 38.8 Å². The minimum absolute atomic E-state index is 0.571. The zero-order valence-electron chi connectivity index (χ0n) is 14.4. The molecule has 0 amide bonds. The fraction of sp³-hybridized carbons (Fsp3) is 0.824. The molecule has 0 spiro atoms. The van der Waals surface area contributed by atoms with Gasteiger partial charge in [0.25, 0.3) is 0 Å². The SMILES string of the molecule is CCc1nn(C)c(Cl)c1CN1CC[C@@](O)(CN2CCCCC2)C1. The van der Waals surface area contributed by atoms with Crippen LogP contribution in [-0.2, 0) is 20.0 Å². The number of likely N-dealkylation sites (tertiary alicyclic amines) is 2. The van der Waals surface area contributed by atoms with Crippen molar-refractivity contribution in [2.24, 2.45) is 7.05 Å². The van der Waals surface area contributed by atoms with Gasteiger partial charge in [0.15, 0.2) is 0 Å². The number of halogens is 1. The van der Waals surface area contributed by atoms with Gasteiger partial charge in [-0.25, -0.2) is 0 Å². The average molecular weight is 341 g/mol. The van der Waals surface area contributed by atoms with E-state index in [4.69, 9.17) is 11.6 Å². The third-order valence-electron chi connectivity index (χ3n) is 5.25. The molecule has 2 aliphatic rings. The van der Waals surface area contributed by atoms with Gasteiger partial charge in [0.05, 0.1) is 11.3 Å². The van der Waals surface area contributed by atoms with Crippen molar-refractivity contribution in [3.63, 3.8) is 0 Å². The first kappa shape index (κ1) is 17.2. The van der Waals surface area contributed by atoms with Crippen LogP contribution in [0.25, 0.3) is 0 Å². The van der Waals surface area contributed by atoms with E-state index in [1.54, 1.807) is 4.68 Å². The second-order valence-corrected chi connectivity index (χ2v) is 7.57. The molecule has 0 aromatic carbocycles. The molecule has 2 fully saturated rings. The molecule has 23 heavy (non-hydrogen) atoms. The van der Waals surface area contributed by atoms with Gasteiger partial charge in [-0.3, -0.25) is 9.58 Å². The number of rotatable bonds is 5. The highest BCUT2D eigenvalue weighted by molar-refractivity contribution is 6.30. The molecule has 130 valence electrons. The molecule has 1 aromatic heterocycles. The summed E-state index contributed by atoms with van der Waals surface area (Å²) in [4.78, 5) is 4.76. The van der Waals surface area contributed by atoms with Crippen molar-refractivity contribution >= 4 is 11.6 Å². The number of nitrogens with zero attached hydrogens (tertiary/aromatic N) is 4. The van der Waals surface area contributed by atoms with Crippen molar-refractivity contribution in [3.05, 3.63) is 16.4 Å². The third kappa shape index (κ3) is 3.90. The molecule has 1 atom stereocenters. The molecule has 0 radical (unpaired) electrons. The first-order chi connectivity index (χ1) is 11.0. The van der Waals surface area contributed by atoms with Crippen LogP contribution in [0.2, 0.25) is 5.15 Å². The summed E-state index contributed by atoms with van der Waals surface area (Å²) >= 11 is 6.40. The summed E-state index contributed by atoms with van der Waals surface area (Å²) in [5.41, 5.74) is 1.63. The Labute approximate surface area is 144 Å².